The van der Waals surface area contributed by atoms with Crippen LogP contribution in [0.15, 0.2) is 55.1 Å². The van der Waals surface area contributed by atoms with E-state index in [1.54, 1.807) is 12.1 Å². The maximum Gasteiger partial charge on any atom is -1.00 e. The first-order valence-electron chi connectivity index (χ1n) is 7.30. The van der Waals surface area contributed by atoms with E-state index >= 15 is 0 Å². The van der Waals surface area contributed by atoms with Crippen molar-refractivity contribution in [3.05, 3.63) is 55.1 Å². The molecule has 0 nitrogen and oxygen atoms in total. The zero-order chi connectivity index (χ0) is 14.5. The first-order valence-corrected chi connectivity index (χ1v) is 10.6. The molecular weight excluding hydrogens is 410 g/mol. The number of hydrogen-bond donors (Lipinski definition) is 0. The van der Waals surface area contributed by atoms with Crippen LogP contribution in [-0.4, -0.2) is 3.21 Å². The second-order valence-electron chi connectivity index (χ2n) is 5.49. The fourth-order valence-corrected chi connectivity index (χ4v) is 6.16. The molecule has 0 aromatic rings. The first kappa shape index (κ1) is 22.4. The van der Waals surface area contributed by atoms with Crippen LogP contribution < -0.4 is 24.8 Å². The molecule has 0 amide bonds. The SMILES string of the molecule is CC1=CC2C=CC=C2S1.CCC1=CC[C]([Zr+2]=[C](C)C)=C1.[Cl-].[Cl-]. The molecule has 2 aliphatic carbocycles. The van der Waals surface area contributed by atoms with Crippen molar-refractivity contribution in [1.29, 1.82) is 0 Å². The maximum atomic E-state index is 2.43. The quantitative estimate of drug-likeness (QED) is 0.572. The van der Waals surface area contributed by atoms with Gasteiger partial charge in [-0.25, -0.2) is 0 Å². The van der Waals surface area contributed by atoms with Gasteiger partial charge >= 0.3 is 80.6 Å². The summed E-state index contributed by atoms with van der Waals surface area (Å²) >= 11 is 1.64. The molecule has 0 aromatic carbocycles. The van der Waals surface area contributed by atoms with Crippen molar-refractivity contribution in [2.75, 3.05) is 0 Å². The molecule has 3 rings (SSSR count). The van der Waals surface area contributed by atoms with Gasteiger partial charge in [0.2, 0.25) is 0 Å². The van der Waals surface area contributed by atoms with Gasteiger partial charge in [0, 0.05) is 10.8 Å². The molecule has 0 saturated carbocycles. The number of halogens is 2. The molecule has 1 aliphatic heterocycles. The Kier molecular flexibility index (Phi) is 11.2. The average Bonchev–Trinajstić information content (AvgIpc) is 3.04. The van der Waals surface area contributed by atoms with Crippen LogP contribution in [0.5, 0.6) is 0 Å². The van der Waals surface area contributed by atoms with Gasteiger partial charge in [0.25, 0.3) is 0 Å². The minimum Gasteiger partial charge on any atom is -1.00 e. The van der Waals surface area contributed by atoms with Crippen molar-refractivity contribution in [2.45, 2.75) is 40.5 Å². The van der Waals surface area contributed by atoms with E-state index in [0.717, 1.165) is 0 Å². The van der Waals surface area contributed by atoms with Crippen molar-refractivity contribution < 1.29 is 47.6 Å². The van der Waals surface area contributed by atoms with Crippen molar-refractivity contribution in [3.8, 4) is 0 Å². The van der Waals surface area contributed by atoms with Crippen molar-refractivity contribution in [1.82, 2.24) is 0 Å². The second-order valence-corrected chi connectivity index (χ2v) is 11.5. The Labute approximate surface area is 163 Å². The number of thioether (sulfide) groups is 1. The Hall–Kier alpha value is 0.383. The molecule has 0 spiro atoms. The normalized spacial score (nSPS) is 20.1. The van der Waals surface area contributed by atoms with E-state index in [-0.39, 0.29) is 47.6 Å². The summed E-state index contributed by atoms with van der Waals surface area (Å²) in [4.78, 5) is 2.93. The predicted molar refractivity (Wildman–Crippen MR) is 89.5 cm³/mol. The van der Waals surface area contributed by atoms with Crippen molar-refractivity contribution >= 4 is 15.0 Å². The Morgan fingerprint density at radius 1 is 1.32 bits per heavy atom. The summed E-state index contributed by atoms with van der Waals surface area (Å²) in [6.07, 6.45) is 16.2. The third-order valence-electron chi connectivity index (χ3n) is 3.36. The van der Waals surface area contributed by atoms with Crippen molar-refractivity contribution in [3.63, 3.8) is 0 Å². The summed E-state index contributed by atoms with van der Waals surface area (Å²) in [5.74, 6) is 0.634. The van der Waals surface area contributed by atoms with E-state index < -0.39 is 0 Å². The minimum absolute atomic E-state index is 0. The van der Waals surface area contributed by atoms with E-state index in [1.165, 1.54) is 22.7 Å². The van der Waals surface area contributed by atoms with E-state index in [9.17, 15) is 0 Å². The molecule has 22 heavy (non-hydrogen) atoms. The zero-order valence-corrected chi connectivity index (χ0v) is 18.4. The Bertz CT molecular complexity index is 562. The van der Waals surface area contributed by atoms with Gasteiger partial charge in [-0.2, -0.15) is 0 Å². The van der Waals surface area contributed by atoms with Crippen molar-refractivity contribution in [2.24, 2.45) is 5.92 Å². The van der Waals surface area contributed by atoms with Crippen LogP contribution in [0.25, 0.3) is 0 Å². The third-order valence-corrected chi connectivity index (χ3v) is 7.34. The minimum atomic E-state index is -0.259. The van der Waals surface area contributed by atoms with Gasteiger partial charge in [-0.05, 0) is 11.8 Å². The second kappa shape index (κ2) is 11.0. The summed E-state index contributed by atoms with van der Waals surface area (Å²) in [7, 11) is 0. The van der Waals surface area contributed by atoms with E-state index in [4.69, 9.17) is 0 Å². The van der Waals surface area contributed by atoms with Crippen LogP contribution in [0.1, 0.15) is 40.5 Å². The molecule has 3 aliphatic rings. The topological polar surface area (TPSA) is 0 Å². The molecule has 0 aromatic heterocycles. The van der Waals surface area contributed by atoms with Gasteiger partial charge in [-0.15, -0.1) is 0 Å². The average molecular weight is 434 g/mol. The number of fused-ring (bicyclic) bond motifs is 1. The summed E-state index contributed by atoms with van der Waals surface area (Å²) in [5.41, 5.74) is 1.56. The standard InChI is InChI=1S/C8H8S.C7H9.C3H6.2ClH.Zr/c1-6-5-7-3-2-4-8(7)9-6;1-2-7-5-3-4-6-7;1-3-2;;;/h2-5,7H,1H3;5-6H,2-3H2,1H3;1-2H3;2*1H;/q;;;;;+2/p-2. The maximum absolute atomic E-state index is 2.43. The summed E-state index contributed by atoms with van der Waals surface area (Å²) in [6, 6.07) is 0. The number of rotatable bonds is 2. The predicted octanol–water partition coefficient (Wildman–Crippen LogP) is -0.380. The molecule has 1 heterocycles. The molecule has 0 fully saturated rings. The Morgan fingerprint density at radius 3 is 2.59 bits per heavy atom. The molecule has 4 heteroatoms. The first-order chi connectivity index (χ1) is 9.58. The zero-order valence-electron chi connectivity index (χ0n) is 13.6. The molecule has 0 N–H and O–H groups in total. The van der Waals surface area contributed by atoms with E-state index in [1.807, 2.05) is 11.8 Å². The summed E-state index contributed by atoms with van der Waals surface area (Å²) in [5, 5.41) is 0. The van der Waals surface area contributed by atoms with E-state index in [2.05, 4.69) is 64.2 Å². The van der Waals surface area contributed by atoms with Gasteiger partial charge in [0.1, 0.15) is 0 Å². The van der Waals surface area contributed by atoms with Crippen LogP contribution in [0.3, 0.4) is 0 Å². The van der Waals surface area contributed by atoms with Crippen LogP contribution >= 0.6 is 11.8 Å². The summed E-state index contributed by atoms with van der Waals surface area (Å²) < 4.78 is 3.44. The Balaban J connectivity index is 0.000000372. The van der Waals surface area contributed by atoms with Crippen LogP contribution in [0.2, 0.25) is 0 Å². The molecule has 0 saturated heterocycles. The van der Waals surface area contributed by atoms with Crippen LogP contribution in [0, 0.1) is 5.92 Å². The molecule has 0 radical (unpaired) electrons. The van der Waals surface area contributed by atoms with Gasteiger partial charge < -0.3 is 24.8 Å². The largest absolute Gasteiger partial charge is 1.00 e. The number of allylic oxidation sites excluding steroid dienone is 10. The molecule has 1 unspecified atom stereocenters. The third kappa shape index (κ3) is 6.87. The number of hydrogen-bond acceptors (Lipinski definition) is 1. The Morgan fingerprint density at radius 2 is 2.05 bits per heavy atom. The molecular formula is C18H23Cl2SZr. The molecule has 119 valence electrons. The van der Waals surface area contributed by atoms with Gasteiger partial charge in [-0.1, -0.05) is 36.1 Å². The monoisotopic (exact) mass is 431 g/mol. The fraction of sp³-hybridized carbons (Fsp3) is 0.389. The van der Waals surface area contributed by atoms with Gasteiger partial charge in [-0.3, -0.25) is 0 Å². The van der Waals surface area contributed by atoms with Crippen LogP contribution in [-0.2, 0) is 22.8 Å². The molecule has 0 bridgehead atoms. The smallest absolute Gasteiger partial charge is 1.00 e. The van der Waals surface area contributed by atoms with E-state index in [0.29, 0.717) is 5.92 Å². The van der Waals surface area contributed by atoms with Crippen LogP contribution in [0.4, 0.5) is 0 Å². The fourth-order valence-electron chi connectivity index (χ4n) is 2.43. The summed E-state index contributed by atoms with van der Waals surface area (Å²) in [6.45, 7) is 8.95. The van der Waals surface area contributed by atoms with Gasteiger partial charge in [0.15, 0.2) is 0 Å². The molecule has 1 atom stereocenters. The van der Waals surface area contributed by atoms with Gasteiger partial charge in [0.05, 0.1) is 0 Å².